The van der Waals surface area contributed by atoms with E-state index in [2.05, 4.69) is 39.1 Å². The van der Waals surface area contributed by atoms with E-state index in [9.17, 15) is 0 Å². The first-order valence-electron chi connectivity index (χ1n) is 6.78. The van der Waals surface area contributed by atoms with Gasteiger partial charge in [-0.15, -0.1) is 0 Å². The van der Waals surface area contributed by atoms with E-state index in [4.69, 9.17) is 4.42 Å². The Kier molecular flexibility index (Phi) is 3.62. The van der Waals surface area contributed by atoms with Gasteiger partial charge in [-0.1, -0.05) is 27.7 Å². The van der Waals surface area contributed by atoms with Crippen molar-refractivity contribution in [2.75, 3.05) is 6.54 Å². The van der Waals surface area contributed by atoms with Crippen molar-refractivity contribution in [3.8, 4) is 0 Å². The molecule has 96 valence electrons. The summed E-state index contributed by atoms with van der Waals surface area (Å²) in [5.74, 6) is 1.87. The minimum absolute atomic E-state index is 0.376. The molecule has 0 aliphatic heterocycles. The van der Waals surface area contributed by atoms with Crippen molar-refractivity contribution in [1.29, 1.82) is 0 Å². The molecule has 1 aliphatic carbocycles. The molecule has 0 amide bonds. The summed E-state index contributed by atoms with van der Waals surface area (Å²) < 4.78 is 5.52. The van der Waals surface area contributed by atoms with E-state index >= 15 is 0 Å². The second-order valence-corrected chi connectivity index (χ2v) is 6.42. The number of hydrogen-bond donors (Lipinski definition) is 1. The molecule has 1 N–H and O–H groups in total. The highest BCUT2D eigenvalue weighted by Crippen LogP contribution is 2.31. The first-order chi connectivity index (χ1) is 7.98. The van der Waals surface area contributed by atoms with Crippen LogP contribution in [0.25, 0.3) is 0 Å². The average molecular weight is 235 g/mol. The maximum absolute atomic E-state index is 5.52. The Hall–Kier alpha value is -0.760. The standard InChI is InChI=1S/C15H25NO/c1-11(15(2,3)4)10-16-13-6-5-7-14-12(13)8-9-17-14/h8-9,11,13,16H,5-7,10H2,1-4H3. The maximum Gasteiger partial charge on any atom is 0.108 e. The minimum Gasteiger partial charge on any atom is -0.469 e. The zero-order chi connectivity index (χ0) is 12.5. The van der Waals surface area contributed by atoms with Gasteiger partial charge in [0.1, 0.15) is 5.76 Å². The van der Waals surface area contributed by atoms with E-state index in [1.807, 2.05) is 6.26 Å². The van der Waals surface area contributed by atoms with Crippen molar-refractivity contribution < 1.29 is 4.42 Å². The summed E-state index contributed by atoms with van der Waals surface area (Å²) >= 11 is 0. The predicted octanol–water partition coefficient (Wildman–Crippen LogP) is 3.93. The van der Waals surface area contributed by atoms with Crippen LogP contribution in [0.4, 0.5) is 0 Å². The van der Waals surface area contributed by atoms with Gasteiger partial charge in [0.05, 0.1) is 6.26 Å². The van der Waals surface area contributed by atoms with Gasteiger partial charge in [-0.2, -0.15) is 0 Å². The maximum atomic E-state index is 5.52. The summed E-state index contributed by atoms with van der Waals surface area (Å²) in [5.41, 5.74) is 1.76. The third-order valence-corrected chi connectivity index (χ3v) is 4.20. The normalized spacial score (nSPS) is 22.2. The molecule has 0 spiro atoms. The van der Waals surface area contributed by atoms with Crippen molar-refractivity contribution in [3.63, 3.8) is 0 Å². The van der Waals surface area contributed by atoms with Gasteiger partial charge in [0, 0.05) is 18.0 Å². The minimum atomic E-state index is 0.376. The highest BCUT2D eigenvalue weighted by molar-refractivity contribution is 5.23. The first-order valence-corrected chi connectivity index (χ1v) is 6.78. The summed E-state index contributed by atoms with van der Waals surface area (Å²) in [6, 6.07) is 2.63. The lowest BCUT2D eigenvalue weighted by molar-refractivity contribution is 0.241. The lowest BCUT2D eigenvalue weighted by Crippen LogP contribution is -2.33. The van der Waals surface area contributed by atoms with Crippen molar-refractivity contribution >= 4 is 0 Å². The fraction of sp³-hybridized carbons (Fsp3) is 0.733. The molecule has 2 nitrogen and oxygen atoms in total. The second kappa shape index (κ2) is 4.85. The van der Waals surface area contributed by atoms with Gasteiger partial charge in [0.2, 0.25) is 0 Å². The SMILES string of the molecule is CC(CNC1CCCc2occc21)C(C)(C)C. The van der Waals surface area contributed by atoms with Gasteiger partial charge in [0.25, 0.3) is 0 Å². The van der Waals surface area contributed by atoms with Gasteiger partial charge >= 0.3 is 0 Å². The van der Waals surface area contributed by atoms with Crippen molar-refractivity contribution in [1.82, 2.24) is 5.32 Å². The van der Waals surface area contributed by atoms with Crippen LogP contribution < -0.4 is 5.32 Å². The highest BCUT2D eigenvalue weighted by Gasteiger charge is 2.25. The summed E-state index contributed by atoms with van der Waals surface area (Å²) in [6.07, 6.45) is 5.42. The molecule has 0 saturated heterocycles. The molecular weight excluding hydrogens is 210 g/mol. The molecular formula is C15H25NO. The van der Waals surface area contributed by atoms with E-state index in [1.165, 1.54) is 24.2 Å². The Balaban J connectivity index is 1.94. The van der Waals surface area contributed by atoms with Gasteiger partial charge in [-0.25, -0.2) is 0 Å². The molecule has 2 rings (SSSR count). The molecule has 0 fully saturated rings. The number of furan rings is 1. The Bertz CT molecular complexity index is 361. The van der Waals surface area contributed by atoms with Crippen molar-refractivity contribution in [2.45, 2.75) is 53.0 Å². The molecule has 0 bridgehead atoms. The Morgan fingerprint density at radius 1 is 1.47 bits per heavy atom. The molecule has 1 aromatic heterocycles. The molecule has 17 heavy (non-hydrogen) atoms. The number of hydrogen-bond acceptors (Lipinski definition) is 2. The number of nitrogens with one attached hydrogen (secondary N) is 1. The van der Waals surface area contributed by atoms with Crippen LogP contribution in [0.3, 0.4) is 0 Å². The van der Waals surface area contributed by atoms with Crippen LogP contribution in [0.5, 0.6) is 0 Å². The first kappa shape index (κ1) is 12.7. The fourth-order valence-electron chi connectivity index (χ4n) is 2.32. The Morgan fingerprint density at radius 3 is 2.94 bits per heavy atom. The molecule has 0 radical (unpaired) electrons. The topological polar surface area (TPSA) is 25.2 Å². The Labute approximate surface area is 105 Å². The van der Waals surface area contributed by atoms with Crippen LogP contribution in [-0.4, -0.2) is 6.54 Å². The van der Waals surface area contributed by atoms with E-state index in [1.54, 1.807) is 0 Å². The van der Waals surface area contributed by atoms with E-state index < -0.39 is 0 Å². The largest absolute Gasteiger partial charge is 0.469 e. The van der Waals surface area contributed by atoms with Crippen molar-refractivity contribution in [3.05, 3.63) is 23.7 Å². The van der Waals surface area contributed by atoms with Crippen LogP contribution >= 0.6 is 0 Å². The highest BCUT2D eigenvalue weighted by atomic mass is 16.3. The molecule has 1 aliphatic rings. The molecule has 2 atom stereocenters. The van der Waals surface area contributed by atoms with E-state index in [0.717, 1.165) is 13.0 Å². The van der Waals surface area contributed by atoms with Crippen LogP contribution in [0.2, 0.25) is 0 Å². The molecule has 0 saturated carbocycles. The van der Waals surface area contributed by atoms with E-state index in [-0.39, 0.29) is 0 Å². The number of rotatable bonds is 3. The lowest BCUT2D eigenvalue weighted by atomic mass is 9.81. The van der Waals surface area contributed by atoms with Crippen molar-refractivity contribution in [2.24, 2.45) is 11.3 Å². The zero-order valence-corrected chi connectivity index (χ0v) is 11.5. The zero-order valence-electron chi connectivity index (χ0n) is 11.5. The Morgan fingerprint density at radius 2 is 2.24 bits per heavy atom. The van der Waals surface area contributed by atoms with Gasteiger partial charge in [-0.05, 0) is 36.8 Å². The van der Waals surface area contributed by atoms with Gasteiger partial charge in [0.15, 0.2) is 0 Å². The fourth-order valence-corrected chi connectivity index (χ4v) is 2.32. The second-order valence-electron chi connectivity index (χ2n) is 6.42. The van der Waals surface area contributed by atoms with Gasteiger partial charge in [-0.3, -0.25) is 0 Å². The number of fused-ring (bicyclic) bond motifs is 1. The lowest BCUT2D eigenvalue weighted by Gasteiger charge is -2.30. The van der Waals surface area contributed by atoms with Crippen LogP contribution in [0.1, 0.15) is 57.9 Å². The van der Waals surface area contributed by atoms with Crippen LogP contribution in [0.15, 0.2) is 16.7 Å². The summed E-state index contributed by atoms with van der Waals surface area (Å²) in [4.78, 5) is 0. The number of aryl methyl sites for hydroxylation is 1. The van der Waals surface area contributed by atoms with E-state index in [0.29, 0.717) is 17.4 Å². The summed E-state index contributed by atoms with van der Waals surface area (Å²) in [6.45, 7) is 10.3. The monoisotopic (exact) mass is 235 g/mol. The van der Waals surface area contributed by atoms with Crippen LogP contribution in [-0.2, 0) is 6.42 Å². The third-order valence-electron chi connectivity index (χ3n) is 4.20. The summed E-state index contributed by atoms with van der Waals surface area (Å²) in [7, 11) is 0. The average Bonchev–Trinajstić information content (AvgIpc) is 2.72. The third kappa shape index (κ3) is 2.92. The van der Waals surface area contributed by atoms with Gasteiger partial charge < -0.3 is 9.73 Å². The smallest absolute Gasteiger partial charge is 0.108 e. The summed E-state index contributed by atoms with van der Waals surface area (Å²) in [5, 5.41) is 3.71. The van der Waals surface area contributed by atoms with Crippen LogP contribution in [0, 0.1) is 11.3 Å². The predicted molar refractivity (Wildman–Crippen MR) is 71.0 cm³/mol. The molecule has 1 heterocycles. The molecule has 2 unspecified atom stereocenters. The molecule has 1 aromatic rings. The quantitative estimate of drug-likeness (QED) is 0.858. The molecule has 2 heteroatoms. The molecule has 0 aromatic carbocycles.